The van der Waals surface area contributed by atoms with Crippen LogP contribution in [0.2, 0.25) is 0 Å². The van der Waals surface area contributed by atoms with Crippen LogP contribution in [0.25, 0.3) is 0 Å². The average molecular weight is 320 g/mol. The van der Waals surface area contributed by atoms with Gasteiger partial charge in [0.05, 0.1) is 17.7 Å². The summed E-state index contributed by atoms with van der Waals surface area (Å²) in [6, 6.07) is -1.06. The first-order valence-electron chi connectivity index (χ1n) is 7.28. The molecule has 3 unspecified atom stereocenters. The fraction of sp³-hybridized carbons (Fsp3) is 0.846. The Balaban J connectivity index is 2.50. The zero-order chi connectivity index (χ0) is 16.0. The van der Waals surface area contributed by atoms with E-state index in [-0.39, 0.29) is 11.8 Å². The first-order valence-corrected chi connectivity index (χ1v) is 8.93. The largest absolute Gasteiger partial charge is 0.481 e. The molecule has 7 nitrogen and oxygen atoms in total. The van der Waals surface area contributed by atoms with E-state index in [1.165, 1.54) is 6.92 Å². The van der Waals surface area contributed by atoms with E-state index in [0.29, 0.717) is 19.3 Å². The van der Waals surface area contributed by atoms with Gasteiger partial charge in [-0.05, 0) is 32.6 Å². The molecule has 0 bridgehead atoms. The van der Waals surface area contributed by atoms with Gasteiger partial charge in [0.25, 0.3) is 0 Å². The van der Waals surface area contributed by atoms with Gasteiger partial charge in [-0.25, -0.2) is 13.1 Å². The van der Waals surface area contributed by atoms with E-state index in [1.807, 2.05) is 0 Å². The van der Waals surface area contributed by atoms with E-state index in [0.717, 1.165) is 12.8 Å². The number of hydrogen-bond donors (Lipinski definition) is 3. The van der Waals surface area contributed by atoms with Crippen LogP contribution in [0.1, 0.15) is 46.0 Å². The highest BCUT2D eigenvalue weighted by Gasteiger charge is 2.29. The van der Waals surface area contributed by atoms with Crippen molar-refractivity contribution in [1.82, 2.24) is 10.0 Å². The third-order valence-corrected chi connectivity index (χ3v) is 5.25. The van der Waals surface area contributed by atoms with Crippen molar-refractivity contribution in [2.75, 3.05) is 5.75 Å². The van der Waals surface area contributed by atoms with Crippen LogP contribution in [0.4, 0.5) is 0 Å². The van der Waals surface area contributed by atoms with E-state index >= 15 is 0 Å². The monoisotopic (exact) mass is 320 g/mol. The van der Waals surface area contributed by atoms with Crippen molar-refractivity contribution in [1.29, 1.82) is 0 Å². The van der Waals surface area contributed by atoms with Crippen LogP contribution in [0.5, 0.6) is 0 Å². The Morgan fingerprint density at radius 3 is 2.57 bits per heavy atom. The minimum atomic E-state index is -3.45. The molecule has 1 aliphatic rings. The first kappa shape index (κ1) is 17.9. The fourth-order valence-electron chi connectivity index (χ4n) is 2.52. The number of rotatable bonds is 7. The standard InChI is InChI=1S/C13H24N2O5S/c1-3-7-21(19,20)15-9(2)12(16)14-11-6-4-5-10(8-11)13(17)18/h9-11,15H,3-8H2,1-2H3,(H,14,16)(H,17,18). The Kier molecular flexibility index (Phi) is 6.60. The van der Waals surface area contributed by atoms with Gasteiger partial charge in [-0.3, -0.25) is 9.59 Å². The van der Waals surface area contributed by atoms with E-state index in [4.69, 9.17) is 5.11 Å². The van der Waals surface area contributed by atoms with Crippen molar-refractivity contribution in [2.45, 2.75) is 58.0 Å². The van der Waals surface area contributed by atoms with E-state index in [1.54, 1.807) is 6.92 Å². The molecule has 1 fully saturated rings. The molecule has 3 atom stereocenters. The van der Waals surface area contributed by atoms with Crippen molar-refractivity contribution in [3.63, 3.8) is 0 Å². The van der Waals surface area contributed by atoms with Gasteiger partial charge in [-0.15, -0.1) is 0 Å². The summed E-state index contributed by atoms with van der Waals surface area (Å²) in [7, 11) is -3.45. The molecule has 1 saturated carbocycles. The van der Waals surface area contributed by atoms with Crippen molar-refractivity contribution >= 4 is 21.9 Å². The number of nitrogens with one attached hydrogen (secondary N) is 2. The van der Waals surface area contributed by atoms with Crippen LogP contribution in [0, 0.1) is 5.92 Å². The summed E-state index contributed by atoms with van der Waals surface area (Å²) < 4.78 is 25.5. The molecule has 8 heteroatoms. The van der Waals surface area contributed by atoms with Gasteiger partial charge in [0.2, 0.25) is 15.9 Å². The molecule has 0 aliphatic heterocycles. The van der Waals surface area contributed by atoms with E-state index in [9.17, 15) is 18.0 Å². The molecular weight excluding hydrogens is 296 g/mol. The van der Waals surface area contributed by atoms with E-state index < -0.39 is 33.9 Å². The number of hydrogen-bond acceptors (Lipinski definition) is 4. The van der Waals surface area contributed by atoms with E-state index in [2.05, 4.69) is 10.0 Å². The molecule has 3 N–H and O–H groups in total. The van der Waals surface area contributed by atoms with Gasteiger partial charge in [0.15, 0.2) is 0 Å². The molecule has 0 saturated heterocycles. The maximum absolute atomic E-state index is 12.0. The van der Waals surface area contributed by atoms with Crippen molar-refractivity contribution < 1.29 is 23.1 Å². The van der Waals surface area contributed by atoms with Gasteiger partial charge in [0, 0.05) is 6.04 Å². The Hall–Kier alpha value is -1.15. The van der Waals surface area contributed by atoms with Crippen molar-refractivity contribution in [2.24, 2.45) is 5.92 Å². The summed E-state index contributed by atoms with van der Waals surface area (Å²) in [6.07, 6.45) is 2.98. The van der Waals surface area contributed by atoms with Gasteiger partial charge in [0.1, 0.15) is 0 Å². The second-order valence-electron chi connectivity index (χ2n) is 5.57. The summed E-state index contributed by atoms with van der Waals surface area (Å²) >= 11 is 0. The quantitative estimate of drug-likeness (QED) is 0.631. The lowest BCUT2D eigenvalue weighted by atomic mass is 9.85. The van der Waals surface area contributed by atoms with Crippen LogP contribution >= 0.6 is 0 Å². The smallest absolute Gasteiger partial charge is 0.306 e. The number of carboxylic acids is 1. The number of amides is 1. The number of carbonyl (C=O) groups is 2. The minimum Gasteiger partial charge on any atom is -0.481 e. The molecule has 0 aromatic carbocycles. The predicted octanol–water partition coefficient (Wildman–Crippen LogP) is 0.464. The molecule has 21 heavy (non-hydrogen) atoms. The molecule has 1 aliphatic carbocycles. The Morgan fingerprint density at radius 1 is 1.33 bits per heavy atom. The molecular formula is C13H24N2O5S. The lowest BCUT2D eigenvalue weighted by molar-refractivity contribution is -0.143. The fourth-order valence-corrected chi connectivity index (χ4v) is 3.82. The third-order valence-electron chi connectivity index (χ3n) is 3.59. The summed E-state index contributed by atoms with van der Waals surface area (Å²) in [5.74, 6) is -1.71. The Labute approximate surface area is 125 Å². The normalized spacial score (nSPS) is 24.3. The molecule has 1 rings (SSSR count). The highest BCUT2D eigenvalue weighted by Crippen LogP contribution is 2.24. The lowest BCUT2D eigenvalue weighted by Gasteiger charge is -2.28. The highest BCUT2D eigenvalue weighted by molar-refractivity contribution is 7.89. The highest BCUT2D eigenvalue weighted by atomic mass is 32.2. The van der Waals surface area contributed by atoms with Crippen LogP contribution in [-0.2, 0) is 19.6 Å². The lowest BCUT2D eigenvalue weighted by Crippen LogP contribution is -2.49. The third kappa shape index (κ3) is 6.01. The summed E-state index contributed by atoms with van der Waals surface area (Å²) in [6.45, 7) is 3.23. The topological polar surface area (TPSA) is 113 Å². The summed E-state index contributed by atoms with van der Waals surface area (Å²) in [5.41, 5.74) is 0. The molecule has 0 heterocycles. The second kappa shape index (κ2) is 7.74. The predicted molar refractivity (Wildman–Crippen MR) is 78.2 cm³/mol. The number of aliphatic carboxylic acids is 1. The van der Waals surface area contributed by atoms with Crippen molar-refractivity contribution in [3.05, 3.63) is 0 Å². The molecule has 0 aromatic heterocycles. The molecule has 1 amide bonds. The van der Waals surface area contributed by atoms with Crippen LogP contribution in [-0.4, -0.2) is 43.2 Å². The summed E-state index contributed by atoms with van der Waals surface area (Å²) in [5, 5.41) is 11.7. The molecule has 0 radical (unpaired) electrons. The maximum atomic E-state index is 12.0. The van der Waals surface area contributed by atoms with Gasteiger partial charge in [-0.1, -0.05) is 13.3 Å². The average Bonchev–Trinajstić information content (AvgIpc) is 2.38. The number of sulfonamides is 1. The van der Waals surface area contributed by atoms with Crippen molar-refractivity contribution in [3.8, 4) is 0 Å². The molecule has 122 valence electrons. The summed E-state index contributed by atoms with van der Waals surface area (Å²) in [4.78, 5) is 23.0. The van der Waals surface area contributed by atoms with Gasteiger partial charge < -0.3 is 10.4 Å². The zero-order valence-electron chi connectivity index (χ0n) is 12.5. The Bertz CT molecular complexity index is 477. The SMILES string of the molecule is CCCS(=O)(=O)NC(C)C(=O)NC1CCCC(C(=O)O)C1. The van der Waals surface area contributed by atoms with Crippen LogP contribution in [0.15, 0.2) is 0 Å². The van der Waals surface area contributed by atoms with Gasteiger partial charge >= 0.3 is 5.97 Å². The first-order chi connectivity index (χ1) is 9.75. The Morgan fingerprint density at radius 2 is 2.00 bits per heavy atom. The zero-order valence-corrected chi connectivity index (χ0v) is 13.3. The number of carbonyl (C=O) groups excluding carboxylic acids is 1. The molecule has 0 spiro atoms. The van der Waals surface area contributed by atoms with Gasteiger partial charge in [-0.2, -0.15) is 0 Å². The number of carboxylic acid groups (broad SMARTS) is 1. The second-order valence-corrected chi connectivity index (χ2v) is 7.44. The molecule has 0 aromatic rings. The maximum Gasteiger partial charge on any atom is 0.306 e. The van der Waals surface area contributed by atoms with Crippen LogP contribution in [0.3, 0.4) is 0 Å². The minimum absolute atomic E-state index is 0.0187. The van der Waals surface area contributed by atoms with Crippen LogP contribution < -0.4 is 10.0 Å².